The molecule has 4 N–H and O–H groups in total. The maximum atomic E-state index is 11.7. The van der Waals surface area contributed by atoms with E-state index in [0.29, 0.717) is 11.0 Å². The van der Waals surface area contributed by atoms with Crippen LogP contribution in [0.5, 0.6) is 0 Å². The summed E-state index contributed by atoms with van der Waals surface area (Å²) in [4.78, 5) is 33.0. The molecule has 0 saturated heterocycles. The fourth-order valence-corrected chi connectivity index (χ4v) is 1.61. The van der Waals surface area contributed by atoms with Crippen LogP contribution in [0.4, 0.5) is 0 Å². The van der Waals surface area contributed by atoms with Crippen molar-refractivity contribution in [3.8, 4) is 0 Å². The molecule has 8 nitrogen and oxygen atoms in total. The summed E-state index contributed by atoms with van der Waals surface area (Å²) >= 11 is 0. The molecule has 0 spiro atoms. The number of aliphatic carboxylic acids is 1. The molecule has 0 radical (unpaired) electrons. The highest BCUT2D eigenvalue weighted by molar-refractivity contribution is 5.85. The molecule has 1 amide bonds. The Hall–Kier alpha value is -1.38. The Bertz CT molecular complexity index is 370. The van der Waals surface area contributed by atoms with E-state index in [9.17, 15) is 19.5 Å². The number of carboxylic acid groups (broad SMARTS) is 1. The fourth-order valence-electron chi connectivity index (χ4n) is 1.61. The number of carboxylic acids is 1. The molecule has 0 aromatic carbocycles. The molecule has 0 saturated carbocycles. The van der Waals surface area contributed by atoms with Gasteiger partial charge in [-0.1, -0.05) is 0 Å². The van der Waals surface area contributed by atoms with E-state index >= 15 is 0 Å². The van der Waals surface area contributed by atoms with Crippen LogP contribution in [0.2, 0.25) is 0 Å². The highest BCUT2D eigenvalue weighted by atomic mass is 35.5. The van der Waals surface area contributed by atoms with Gasteiger partial charge in [0, 0.05) is 18.8 Å². The summed E-state index contributed by atoms with van der Waals surface area (Å²) in [6.07, 6.45) is -1.19. The molecule has 1 unspecified atom stereocenters. The minimum Gasteiger partial charge on any atom is -0.550 e. The van der Waals surface area contributed by atoms with Crippen molar-refractivity contribution >= 4 is 30.3 Å². The van der Waals surface area contributed by atoms with Gasteiger partial charge in [-0.05, 0) is 6.42 Å². The summed E-state index contributed by atoms with van der Waals surface area (Å²) in [6, 6.07) is -1.00. The number of carbonyl (C=O) groups excluding carboxylic acids is 3. The van der Waals surface area contributed by atoms with Crippen molar-refractivity contribution in [1.82, 2.24) is 0 Å². The van der Waals surface area contributed by atoms with Gasteiger partial charge in [0.25, 0.3) is 0 Å². The summed E-state index contributed by atoms with van der Waals surface area (Å²) in [7, 11) is 5.51. The third kappa shape index (κ3) is 12.1. The molecular formula is C12H24ClN3O5. The molecule has 0 aromatic rings. The molecule has 0 rings (SSSR count). The monoisotopic (exact) mass is 325 g/mol. The average molecular weight is 326 g/mol. The van der Waals surface area contributed by atoms with Crippen molar-refractivity contribution in [2.24, 2.45) is 11.5 Å². The van der Waals surface area contributed by atoms with E-state index in [2.05, 4.69) is 0 Å². The third-order valence-corrected chi connectivity index (χ3v) is 2.43. The van der Waals surface area contributed by atoms with E-state index in [1.807, 2.05) is 21.1 Å². The van der Waals surface area contributed by atoms with Crippen LogP contribution in [0.3, 0.4) is 0 Å². The minimum atomic E-state index is -1.30. The number of hydrogen-bond acceptors (Lipinski definition) is 6. The molecule has 0 fully saturated rings. The predicted molar refractivity (Wildman–Crippen MR) is 76.1 cm³/mol. The number of hydrogen-bond donors (Lipinski definition) is 2. The number of nitrogens with zero attached hydrogens (tertiary/aromatic N) is 1. The van der Waals surface area contributed by atoms with E-state index in [4.69, 9.17) is 16.2 Å². The Morgan fingerprint density at radius 2 is 1.76 bits per heavy atom. The lowest BCUT2D eigenvalue weighted by atomic mass is 10.1. The Labute approximate surface area is 130 Å². The van der Waals surface area contributed by atoms with Crippen molar-refractivity contribution in [2.45, 2.75) is 31.4 Å². The normalized spacial score (nSPS) is 13.7. The van der Waals surface area contributed by atoms with E-state index in [0.717, 1.165) is 0 Å². The minimum absolute atomic E-state index is 0. The summed E-state index contributed by atoms with van der Waals surface area (Å²) < 4.78 is 5.50. The van der Waals surface area contributed by atoms with Gasteiger partial charge in [0.1, 0.15) is 12.6 Å². The lowest BCUT2D eigenvalue weighted by Crippen LogP contribution is -2.47. The first-order chi connectivity index (χ1) is 9.01. The SMILES string of the molecule is C[N+](C)(C)CC(CC(=O)[O-])OC(=O)[C@@H](N)CCC(N)=O.Cl. The van der Waals surface area contributed by atoms with Gasteiger partial charge in [0.05, 0.1) is 21.1 Å². The van der Waals surface area contributed by atoms with Crippen LogP contribution < -0.4 is 16.6 Å². The summed E-state index contributed by atoms with van der Waals surface area (Å²) in [5.74, 6) is -2.61. The molecular weight excluding hydrogens is 302 g/mol. The molecule has 0 aromatic heterocycles. The number of halogens is 1. The number of rotatable bonds is 9. The Morgan fingerprint density at radius 3 is 2.14 bits per heavy atom. The van der Waals surface area contributed by atoms with Crippen LogP contribution in [0.1, 0.15) is 19.3 Å². The van der Waals surface area contributed by atoms with Crippen molar-refractivity contribution in [1.29, 1.82) is 0 Å². The summed E-state index contributed by atoms with van der Waals surface area (Å²) in [5.41, 5.74) is 10.5. The number of carbonyl (C=O) groups is 3. The van der Waals surface area contributed by atoms with Crippen LogP contribution in [0, 0.1) is 0 Å². The number of likely N-dealkylation sites (N-methyl/N-ethyl adjacent to an activating group) is 1. The van der Waals surface area contributed by atoms with Gasteiger partial charge in [-0.15, -0.1) is 12.4 Å². The molecule has 0 aliphatic carbocycles. The second-order valence-electron chi connectivity index (χ2n) is 5.72. The number of amides is 1. The highest BCUT2D eigenvalue weighted by Crippen LogP contribution is 2.07. The number of ether oxygens (including phenoxy) is 1. The molecule has 0 aliphatic heterocycles. The first-order valence-electron chi connectivity index (χ1n) is 6.26. The lowest BCUT2D eigenvalue weighted by molar-refractivity contribution is -0.873. The Morgan fingerprint density at radius 1 is 1.24 bits per heavy atom. The fraction of sp³-hybridized carbons (Fsp3) is 0.750. The van der Waals surface area contributed by atoms with Gasteiger partial charge < -0.3 is 30.6 Å². The smallest absolute Gasteiger partial charge is 0.323 e. The van der Waals surface area contributed by atoms with Crippen LogP contribution in [0.15, 0.2) is 0 Å². The number of esters is 1. The average Bonchev–Trinajstić information content (AvgIpc) is 2.21. The maximum Gasteiger partial charge on any atom is 0.323 e. The van der Waals surface area contributed by atoms with Crippen LogP contribution in [0.25, 0.3) is 0 Å². The Kier molecular flexibility index (Phi) is 9.95. The van der Waals surface area contributed by atoms with Gasteiger partial charge in [-0.3, -0.25) is 9.59 Å². The zero-order valence-corrected chi connectivity index (χ0v) is 13.4. The van der Waals surface area contributed by atoms with Crippen molar-refractivity contribution in [3.05, 3.63) is 0 Å². The van der Waals surface area contributed by atoms with Gasteiger partial charge in [0.15, 0.2) is 6.10 Å². The summed E-state index contributed by atoms with van der Waals surface area (Å²) in [5, 5.41) is 10.7. The zero-order chi connectivity index (χ0) is 15.9. The number of quaternary nitrogens is 1. The number of nitrogens with two attached hydrogens (primary N) is 2. The van der Waals surface area contributed by atoms with Gasteiger partial charge in [0.2, 0.25) is 5.91 Å². The van der Waals surface area contributed by atoms with E-state index < -0.39 is 36.4 Å². The van der Waals surface area contributed by atoms with Crippen molar-refractivity contribution in [3.63, 3.8) is 0 Å². The summed E-state index contributed by atoms with van der Waals surface area (Å²) in [6.45, 7) is 0.308. The van der Waals surface area contributed by atoms with E-state index in [-0.39, 0.29) is 25.2 Å². The van der Waals surface area contributed by atoms with Gasteiger partial charge >= 0.3 is 5.97 Å². The quantitative estimate of drug-likeness (QED) is 0.363. The first kappa shape index (κ1) is 21.9. The van der Waals surface area contributed by atoms with Crippen molar-refractivity contribution < 1.29 is 28.7 Å². The molecule has 0 aliphatic rings. The van der Waals surface area contributed by atoms with Crippen LogP contribution >= 0.6 is 12.4 Å². The van der Waals surface area contributed by atoms with Crippen LogP contribution in [-0.2, 0) is 19.1 Å². The van der Waals surface area contributed by atoms with Crippen LogP contribution in [-0.4, -0.2) is 62.2 Å². The molecule has 2 atom stereocenters. The number of primary amides is 1. The maximum absolute atomic E-state index is 11.7. The molecule has 21 heavy (non-hydrogen) atoms. The molecule has 124 valence electrons. The van der Waals surface area contributed by atoms with E-state index in [1.165, 1.54) is 0 Å². The first-order valence-corrected chi connectivity index (χ1v) is 6.26. The van der Waals surface area contributed by atoms with Gasteiger partial charge in [-0.2, -0.15) is 0 Å². The Balaban J connectivity index is 0. The predicted octanol–water partition coefficient (Wildman–Crippen LogP) is -2.24. The highest BCUT2D eigenvalue weighted by Gasteiger charge is 2.25. The lowest BCUT2D eigenvalue weighted by Gasteiger charge is -2.29. The van der Waals surface area contributed by atoms with Gasteiger partial charge in [-0.25, -0.2) is 0 Å². The molecule has 9 heteroatoms. The third-order valence-electron chi connectivity index (χ3n) is 2.43. The second kappa shape index (κ2) is 9.54. The molecule has 0 heterocycles. The van der Waals surface area contributed by atoms with E-state index in [1.54, 1.807) is 0 Å². The van der Waals surface area contributed by atoms with Crippen molar-refractivity contribution in [2.75, 3.05) is 27.7 Å². The second-order valence-corrected chi connectivity index (χ2v) is 5.72. The standard InChI is InChI=1S/C12H23N3O5.ClH/c1-15(2,3)7-8(6-11(17)18)20-12(19)9(13)4-5-10(14)16;/h8-9H,4-7,13H2,1-3H3,(H2-,14,16,17,18);1H/t8?,9-;/m0./s1. The molecule has 0 bridgehead atoms. The topological polar surface area (TPSA) is 136 Å². The largest absolute Gasteiger partial charge is 0.550 e. The zero-order valence-electron chi connectivity index (χ0n) is 12.5.